The quantitative estimate of drug-likeness (QED) is 0.532. The molecule has 0 aliphatic heterocycles. The first-order valence-electron chi connectivity index (χ1n) is 6.66. The van der Waals surface area contributed by atoms with Gasteiger partial charge >= 0.3 is 5.69 Å². The summed E-state index contributed by atoms with van der Waals surface area (Å²) in [6.07, 6.45) is 4.45. The Bertz CT molecular complexity index is 833. The smallest absolute Gasteiger partial charge is 0.311 e. The molecule has 0 fully saturated rings. The third-order valence-electron chi connectivity index (χ3n) is 3.54. The third kappa shape index (κ3) is 2.44. The van der Waals surface area contributed by atoms with Gasteiger partial charge in [0, 0.05) is 17.2 Å². The lowest BCUT2D eigenvalue weighted by Crippen LogP contribution is -1.90. The summed E-state index contributed by atoms with van der Waals surface area (Å²) >= 11 is 1.50. The van der Waals surface area contributed by atoms with Crippen LogP contribution in [0.2, 0.25) is 0 Å². The molecule has 3 rings (SSSR count). The van der Waals surface area contributed by atoms with Crippen LogP contribution in [-0.4, -0.2) is 16.2 Å². The summed E-state index contributed by atoms with van der Waals surface area (Å²) in [5.74, 6) is -0.380. The van der Waals surface area contributed by atoms with Gasteiger partial charge < -0.3 is 5.11 Å². The van der Waals surface area contributed by atoms with Crippen molar-refractivity contribution >= 4 is 28.2 Å². The number of aromatic hydroxyl groups is 1. The van der Waals surface area contributed by atoms with Gasteiger partial charge in [0.1, 0.15) is 11.1 Å². The van der Waals surface area contributed by atoms with Crippen molar-refractivity contribution in [3.63, 3.8) is 0 Å². The highest BCUT2D eigenvalue weighted by atomic mass is 32.1. The topological polar surface area (TPSA) is 99.5 Å². The third-order valence-corrected chi connectivity index (χ3v) is 4.74. The molecule has 0 radical (unpaired) electrons. The number of phenolic OH excluding ortho intramolecular Hbond substituents is 1. The Balaban J connectivity index is 1.94. The highest BCUT2D eigenvalue weighted by Crippen LogP contribution is 2.40. The Morgan fingerprint density at radius 3 is 3.00 bits per heavy atom. The molecule has 0 unspecified atom stereocenters. The molecule has 1 aromatic carbocycles. The van der Waals surface area contributed by atoms with Crippen molar-refractivity contribution in [3.8, 4) is 11.8 Å². The Morgan fingerprint density at radius 2 is 2.27 bits per heavy atom. The molecule has 0 saturated heterocycles. The van der Waals surface area contributed by atoms with Crippen LogP contribution in [-0.2, 0) is 12.8 Å². The standard InChI is InChI=1S/C15H11N3O3S/c16-7-11-10-2-1-3-14(10)22-15(11)17-8-9-4-5-13(19)12(6-9)18(20)21/h4-6,8,19H,1-3H2. The van der Waals surface area contributed by atoms with Gasteiger partial charge in [-0.15, -0.1) is 11.3 Å². The number of rotatable bonds is 3. The van der Waals surface area contributed by atoms with E-state index >= 15 is 0 Å². The van der Waals surface area contributed by atoms with Crippen molar-refractivity contribution in [1.82, 2.24) is 0 Å². The van der Waals surface area contributed by atoms with Crippen LogP contribution in [0.4, 0.5) is 10.7 Å². The number of nitro benzene ring substituents is 1. The Kier molecular flexibility index (Phi) is 3.61. The van der Waals surface area contributed by atoms with Crippen LogP contribution in [0, 0.1) is 21.4 Å². The van der Waals surface area contributed by atoms with Gasteiger partial charge in [0.25, 0.3) is 0 Å². The number of aliphatic imine (C=N–C) groups is 1. The first kappa shape index (κ1) is 14.2. The Morgan fingerprint density at radius 1 is 1.45 bits per heavy atom. The summed E-state index contributed by atoms with van der Waals surface area (Å²) in [6, 6.07) is 6.26. The molecule has 1 aromatic heterocycles. The van der Waals surface area contributed by atoms with E-state index in [4.69, 9.17) is 0 Å². The first-order valence-corrected chi connectivity index (χ1v) is 7.48. The van der Waals surface area contributed by atoms with Crippen molar-refractivity contribution in [1.29, 1.82) is 5.26 Å². The minimum absolute atomic E-state index is 0.363. The van der Waals surface area contributed by atoms with Gasteiger partial charge in [-0.1, -0.05) is 0 Å². The van der Waals surface area contributed by atoms with Crippen LogP contribution in [0.15, 0.2) is 23.2 Å². The molecular formula is C15H11N3O3S. The molecule has 7 heteroatoms. The molecule has 1 N–H and O–H groups in total. The first-order chi connectivity index (χ1) is 10.6. The lowest BCUT2D eigenvalue weighted by Gasteiger charge is -1.97. The SMILES string of the molecule is N#Cc1c(N=Cc2ccc(O)c([N+](=O)[O-])c2)sc2c1CCC2. The molecule has 0 atom stereocenters. The van der Waals surface area contributed by atoms with Crippen LogP contribution >= 0.6 is 11.3 Å². The van der Waals surface area contributed by atoms with Gasteiger partial charge in [-0.25, -0.2) is 4.99 Å². The van der Waals surface area contributed by atoms with E-state index in [-0.39, 0.29) is 11.4 Å². The van der Waals surface area contributed by atoms with Crippen molar-refractivity contribution in [2.24, 2.45) is 4.99 Å². The Labute approximate surface area is 130 Å². The minimum atomic E-state index is -0.646. The predicted octanol–water partition coefficient (Wildman–Crippen LogP) is 3.47. The fourth-order valence-corrected chi connectivity index (χ4v) is 3.68. The van der Waals surface area contributed by atoms with E-state index in [0.717, 1.165) is 24.8 Å². The van der Waals surface area contributed by atoms with E-state index in [1.54, 1.807) is 6.07 Å². The van der Waals surface area contributed by atoms with Gasteiger partial charge in [0.15, 0.2) is 5.75 Å². The monoisotopic (exact) mass is 313 g/mol. The molecule has 22 heavy (non-hydrogen) atoms. The van der Waals surface area contributed by atoms with Crippen LogP contribution in [0.1, 0.15) is 28.0 Å². The zero-order valence-corrected chi connectivity index (χ0v) is 12.3. The van der Waals surface area contributed by atoms with Crippen LogP contribution < -0.4 is 0 Å². The number of hydrogen-bond acceptors (Lipinski definition) is 6. The number of nitriles is 1. The molecular weight excluding hydrogens is 302 g/mol. The maximum Gasteiger partial charge on any atom is 0.311 e. The molecule has 0 bridgehead atoms. The average molecular weight is 313 g/mol. The van der Waals surface area contributed by atoms with Crippen molar-refractivity contribution < 1.29 is 10.0 Å². The lowest BCUT2D eigenvalue weighted by atomic mass is 10.1. The van der Waals surface area contributed by atoms with Gasteiger partial charge in [-0.3, -0.25) is 10.1 Å². The number of hydrogen-bond donors (Lipinski definition) is 1. The van der Waals surface area contributed by atoms with Gasteiger partial charge in [-0.05, 0) is 42.5 Å². The summed E-state index contributed by atoms with van der Waals surface area (Å²) in [5.41, 5.74) is 1.85. The molecule has 6 nitrogen and oxygen atoms in total. The second-order valence-electron chi connectivity index (χ2n) is 4.91. The van der Waals surface area contributed by atoms with Crippen LogP contribution in [0.25, 0.3) is 0 Å². The molecule has 0 spiro atoms. The second-order valence-corrected chi connectivity index (χ2v) is 6.00. The number of phenols is 1. The number of thiophene rings is 1. The fourth-order valence-electron chi connectivity index (χ4n) is 2.50. The van der Waals surface area contributed by atoms with E-state index in [9.17, 15) is 20.5 Å². The van der Waals surface area contributed by atoms with Crippen molar-refractivity contribution in [2.45, 2.75) is 19.3 Å². The second kappa shape index (κ2) is 5.58. The summed E-state index contributed by atoms with van der Waals surface area (Å²) in [7, 11) is 0. The number of nitrogens with zero attached hydrogens (tertiary/aromatic N) is 3. The number of aryl methyl sites for hydroxylation is 1. The largest absolute Gasteiger partial charge is 0.502 e. The molecule has 1 heterocycles. The van der Waals surface area contributed by atoms with E-state index in [1.165, 1.54) is 34.6 Å². The highest BCUT2D eigenvalue weighted by Gasteiger charge is 2.21. The summed E-state index contributed by atoms with van der Waals surface area (Å²) in [4.78, 5) is 15.7. The van der Waals surface area contributed by atoms with Crippen LogP contribution in [0.5, 0.6) is 5.75 Å². The highest BCUT2D eigenvalue weighted by molar-refractivity contribution is 7.16. The van der Waals surface area contributed by atoms with Gasteiger partial charge in [-0.2, -0.15) is 5.26 Å². The zero-order valence-electron chi connectivity index (χ0n) is 11.4. The number of benzene rings is 1. The summed E-state index contributed by atoms with van der Waals surface area (Å²) in [5, 5.41) is 30.2. The maximum atomic E-state index is 10.8. The summed E-state index contributed by atoms with van der Waals surface area (Å²) in [6.45, 7) is 0. The molecule has 1 aliphatic carbocycles. The normalized spacial score (nSPS) is 13.2. The molecule has 2 aromatic rings. The van der Waals surface area contributed by atoms with Gasteiger partial charge in [0.2, 0.25) is 0 Å². The van der Waals surface area contributed by atoms with E-state index in [2.05, 4.69) is 11.1 Å². The Hall–Kier alpha value is -2.72. The van der Waals surface area contributed by atoms with Gasteiger partial charge in [0.05, 0.1) is 10.5 Å². The molecule has 110 valence electrons. The molecule has 0 amide bonds. The minimum Gasteiger partial charge on any atom is -0.502 e. The average Bonchev–Trinajstić information content (AvgIpc) is 3.06. The number of fused-ring (bicyclic) bond motifs is 1. The maximum absolute atomic E-state index is 10.8. The number of nitro groups is 1. The lowest BCUT2D eigenvalue weighted by molar-refractivity contribution is -0.385. The van der Waals surface area contributed by atoms with E-state index in [1.807, 2.05) is 0 Å². The fraction of sp³-hybridized carbons (Fsp3) is 0.200. The predicted molar refractivity (Wildman–Crippen MR) is 83.1 cm³/mol. The molecule has 0 saturated carbocycles. The zero-order chi connectivity index (χ0) is 15.7. The van der Waals surface area contributed by atoms with E-state index < -0.39 is 4.92 Å². The summed E-state index contributed by atoms with van der Waals surface area (Å²) < 4.78 is 0. The van der Waals surface area contributed by atoms with Crippen molar-refractivity contribution in [2.75, 3.05) is 0 Å². The van der Waals surface area contributed by atoms with E-state index in [0.29, 0.717) is 16.1 Å². The van der Waals surface area contributed by atoms with Crippen molar-refractivity contribution in [3.05, 3.63) is 49.9 Å². The molecule has 1 aliphatic rings. The van der Waals surface area contributed by atoms with Crippen LogP contribution in [0.3, 0.4) is 0 Å².